The zero-order valence-electron chi connectivity index (χ0n) is 9.07. The molecule has 0 spiro atoms. The molecule has 1 aromatic rings. The molecule has 1 rings (SSSR count). The fraction of sp³-hybridized carbons (Fsp3) is 0.364. The molecule has 0 saturated heterocycles. The number of carbonyl (C=O) groups is 1. The molecule has 1 N–H and O–H groups in total. The lowest BCUT2D eigenvalue weighted by molar-refractivity contribution is 0.0900. The first-order chi connectivity index (χ1) is 7.00. The molecule has 15 heavy (non-hydrogen) atoms. The van der Waals surface area contributed by atoms with Crippen molar-refractivity contribution in [3.63, 3.8) is 0 Å². The van der Waals surface area contributed by atoms with Gasteiger partial charge in [-0.2, -0.15) is 0 Å². The molecule has 3 nitrogen and oxygen atoms in total. The van der Waals surface area contributed by atoms with Crippen molar-refractivity contribution in [1.82, 2.24) is 10.3 Å². The molecule has 0 fully saturated rings. The van der Waals surface area contributed by atoms with Gasteiger partial charge in [0.15, 0.2) is 5.78 Å². The monoisotopic (exact) mass is 222 g/mol. The van der Waals surface area contributed by atoms with Gasteiger partial charge < -0.3 is 5.32 Å². The minimum atomic E-state index is -0.687. The molecule has 0 aromatic carbocycles. The number of nitrogens with one attached hydrogen (secondary N) is 1. The van der Waals surface area contributed by atoms with Gasteiger partial charge in [-0.25, -0.2) is 0 Å². The van der Waals surface area contributed by atoms with Crippen LogP contribution in [0.25, 0.3) is 0 Å². The van der Waals surface area contributed by atoms with Gasteiger partial charge in [0.2, 0.25) is 0 Å². The minimum absolute atomic E-state index is 0.0186. The lowest BCUT2D eigenvalue weighted by Gasteiger charge is -2.23. The first-order valence-electron chi connectivity index (χ1n) is 4.67. The molecule has 1 aromatic heterocycles. The van der Waals surface area contributed by atoms with Crippen molar-refractivity contribution in [2.75, 3.05) is 7.05 Å². The molecular formula is C11H14N2OS. The molecular weight excluding hydrogens is 208 g/mol. The van der Waals surface area contributed by atoms with Crippen LogP contribution in [0.5, 0.6) is 0 Å². The Labute approximate surface area is 94.9 Å². The summed E-state index contributed by atoms with van der Waals surface area (Å²) in [6.07, 6.45) is 3.20. The molecule has 0 aliphatic heterocycles. The molecule has 0 aliphatic rings. The van der Waals surface area contributed by atoms with Crippen molar-refractivity contribution in [3.05, 3.63) is 30.1 Å². The SMILES string of the molecule is CNC(=S)C(C)(C)C(=O)c1cccnc1. The second-order valence-electron chi connectivity index (χ2n) is 3.77. The Balaban J connectivity index is 3.00. The number of hydrogen-bond donors (Lipinski definition) is 1. The van der Waals surface area contributed by atoms with Gasteiger partial charge in [-0.3, -0.25) is 9.78 Å². The number of hydrogen-bond acceptors (Lipinski definition) is 3. The maximum atomic E-state index is 12.1. The summed E-state index contributed by atoms with van der Waals surface area (Å²) >= 11 is 5.12. The quantitative estimate of drug-likeness (QED) is 0.626. The van der Waals surface area contributed by atoms with Gasteiger partial charge in [0, 0.05) is 25.0 Å². The maximum Gasteiger partial charge on any atom is 0.176 e. The Morgan fingerprint density at radius 2 is 2.20 bits per heavy atom. The average Bonchev–Trinajstić information content (AvgIpc) is 2.28. The van der Waals surface area contributed by atoms with E-state index in [9.17, 15) is 4.79 Å². The second kappa shape index (κ2) is 4.49. The molecule has 0 atom stereocenters. The van der Waals surface area contributed by atoms with Crippen molar-refractivity contribution in [3.8, 4) is 0 Å². The first-order valence-corrected chi connectivity index (χ1v) is 5.08. The van der Waals surface area contributed by atoms with Gasteiger partial charge in [0.05, 0.1) is 10.4 Å². The number of thiocarbonyl (C=S) groups is 1. The molecule has 0 saturated carbocycles. The fourth-order valence-electron chi connectivity index (χ4n) is 1.27. The van der Waals surface area contributed by atoms with E-state index in [-0.39, 0.29) is 5.78 Å². The highest BCUT2D eigenvalue weighted by molar-refractivity contribution is 7.80. The van der Waals surface area contributed by atoms with E-state index >= 15 is 0 Å². The van der Waals surface area contributed by atoms with Crippen LogP contribution in [-0.4, -0.2) is 22.8 Å². The van der Waals surface area contributed by atoms with Crippen LogP contribution in [0.4, 0.5) is 0 Å². The molecule has 0 aliphatic carbocycles. The fourth-order valence-corrected chi connectivity index (χ4v) is 1.37. The van der Waals surface area contributed by atoms with Crippen molar-refractivity contribution in [2.45, 2.75) is 13.8 Å². The zero-order chi connectivity index (χ0) is 11.5. The number of Topliss-reactive ketones (excluding diaryl/α,β-unsaturated/α-hetero) is 1. The van der Waals surface area contributed by atoms with Crippen LogP contribution in [0.1, 0.15) is 24.2 Å². The van der Waals surface area contributed by atoms with Crippen LogP contribution >= 0.6 is 12.2 Å². The van der Waals surface area contributed by atoms with Crippen LogP contribution in [0, 0.1) is 5.41 Å². The van der Waals surface area contributed by atoms with Gasteiger partial charge in [-0.15, -0.1) is 0 Å². The largest absolute Gasteiger partial charge is 0.382 e. The summed E-state index contributed by atoms with van der Waals surface area (Å²) in [4.78, 5) is 16.6. The Morgan fingerprint density at radius 3 is 2.67 bits per heavy atom. The van der Waals surface area contributed by atoms with Crippen molar-refractivity contribution >= 4 is 23.0 Å². The van der Waals surface area contributed by atoms with Crippen LogP contribution in [0.2, 0.25) is 0 Å². The van der Waals surface area contributed by atoms with E-state index in [0.29, 0.717) is 10.6 Å². The van der Waals surface area contributed by atoms with Crippen molar-refractivity contribution in [2.24, 2.45) is 5.41 Å². The van der Waals surface area contributed by atoms with Crippen LogP contribution < -0.4 is 5.32 Å². The third-order valence-corrected chi connectivity index (χ3v) is 3.00. The van der Waals surface area contributed by atoms with Crippen LogP contribution in [0.3, 0.4) is 0 Å². The summed E-state index contributed by atoms with van der Waals surface area (Å²) in [5.41, 5.74) is -0.104. The Bertz CT molecular complexity index is 373. The van der Waals surface area contributed by atoms with E-state index in [2.05, 4.69) is 10.3 Å². The summed E-state index contributed by atoms with van der Waals surface area (Å²) in [5.74, 6) is -0.0186. The summed E-state index contributed by atoms with van der Waals surface area (Å²) in [5, 5.41) is 2.85. The lowest BCUT2D eigenvalue weighted by Crippen LogP contribution is -2.39. The summed E-state index contributed by atoms with van der Waals surface area (Å²) in [6, 6.07) is 3.49. The third kappa shape index (κ3) is 2.39. The number of pyridine rings is 1. The zero-order valence-corrected chi connectivity index (χ0v) is 9.89. The Morgan fingerprint density at radius 1 is 1.53 bits per heavy atom. The highest BCUT2D eigenvalue weighted by atomic mass is 32.1. The Kier molecular flexibility index (Phi) is 3.52. The molecule has 0 radical (unpaired) electrons. The standard InChI is InChI=1S/C11H14N2OS/c1-11(2,10(15)12-3)9(14)8-5-4-6-13-7-8/h4-7H,1-3H3,(H,12,15). The lowest BCUT2D eigenvalue weighted by atomic mass is 9.84. The van der Waals surface area contributed by atoms with E-state index in [1.807, 2.05) is 0 Å². The predicted molar refractivity (Wildman–Crippen MR) is 64.0 cm³/mol. The minimum Gasteiger partial charge on any atom is -0.382 e. The van der Waals surface area contributed by atoms with E-state index in [4.69, 9.17) is 12.2 Å². The third-order valence-electron chi connectivity index (χ3n) is 2.29. The van der Waals surface area contributed by atoms with Gasteiger partial charge in [0.1, 0.15) is 0 Å². The summed E-state index contributed by atoms with van der Waals surface area (Å²) < 4.78 is 0. The normalized spacial score (nSPS) is 10.9. The van der Waals surface area contributed by atoms with Gasteiger partial charge in [-0.1, -0.05) is 12.2 Å². The van der Waals surface area contributed by atoms with Crippen LogP contribution in [0.15, 0.2) is 24.5 Å². The number of aromatic nitrogens is 1. The van der Waals surface area contributed by atoms with E-state index < -0.39 is 5.41 Å². The van der Waals surface area contributed by atoms with Crippen LogP contribution in [-0.2, 0) is 0 Å². The van der Waals surface area contributed by atoms with Gasteiger partial charge >= 0.3 is 0 Å². The first kappa shape index (κ1) is 11.8. The maximum absolute atomic E-state index is 12.1. The smallest absolute Gasteiger partial charge is 0.176 e. The topological polar surface area (TPSA) is 42.0 Å². The van der Waals surface area contributed by atoms with Crippen molar-refractivity contribution < 1.29 is 4.79 Å². The molecule has 0 amide bonds. The number of nitrogens with zero attached hydrogens (tertiary/aromatic N) is 1. The van der Waals surface area contributed by atoms with Crippen molar-refractivity contribution in [1.29, 1.82) is 0 Å². The van der Waals surface area contributed by atoms with E-state index in [1.54, 1.807) is 45.4 Å². The van der Waals surface area contributed by atoms with E-state index in [0.717, 1.165) is 0 Å². The number of carbonyl (C=O) groups excluding carboxylic acids is 1. The molecule has 0 bridgehead atoms. The van der Waals surface area contributed by atoms with E-state index in [1.165, 1.54) is 0 Å². The summed E-state index contributed by atoms with van der Waals surface area (Å²) in [7, 11) is 1.72. The summed E-state index contributed by atoms with van der Waals surface area (Å²) in [6.45, 7) is 3.61. The van der Waals surface area contributed by atoms with Gasteiger partial charge in [0.25, 0.3) is 0 Å². The second-order valence-corrected chi connectivity index (χ2v) is 4.18. The molecule has 4 heteroatoms. The average molecular weight is 222 g/mol. The Hall–Kier alpha value is -1.29. The highest BCUT2D eigenvalue weighted by Gasteiger charge is 2.32. The van der Waals surface area contributed by atoms with Gasteiger partial charge in [-0.05, 0) is 26.0 Å². The predicted octanol–water partition coefficient (Wildman–Crippen LogP) is 1.84. The number of rotatable bonds is 3. The highest BCUT2D eigenvalue weighted by Crippen LogP contribution is 2.22. The molecule has 80 valence electrons. The number of ketones is 1. The molecule has 0 unspecified atom stereocenters. The molecule has 1 heterocycles.